The van der Waals surface area contributed by atoms with Crippen molar-refractivity contribution in [2.75, 3.05) is 95.7 Å². The number of hydrogen-bond acceptors (Lipinski definition) is 18. The summed E-state index contributed by atoms with van der Waals surface area (Å²) in [4.78, 5) is 81.9. The number of ketones is 2. The second-order valence-corrected chi connectivity index (χ2v) is 19.6. The van der Waals surface area contributed by atoms with Gasteiger partial charge in [-0.05, 0) is 73.0 Å². The number of aromatic hydroxyl groups is 2. The fourth-order valence-electron chi connectivity index (χ4n) is 8.24. The van der Waals surface area contributed by atoms with Gasteiger partial charge in [-0.1, -0.05) is 12.1 Å². The molecule has 0 bridgehead atoms. The van der Waals surface area contributed by atoms with E-state index in [1.165, 1.54) is 30.3 Å². The third kappa shape index (κ3) is 13.6. The average molecular weight is 1030 g/mol. The highest BCUT2D eigenvalue weighted by Crippen LogP contribution is 2.44. The van der Waals surface area contributed by atoms with Crippen LogP contribution in [0, 0.1) is 6.92 Å². The molecule has 24 nitrogen and oxygen atoms in total. The van der Waals surface area contributed by atoms with Crippen molar-refractivity contribution in [1.82, 2.24) is 24.9 Å². The lowest BCUT2D eigenvalue weighted by atomic mass is 9.81. The molecule has 26 heteroatoms. The van der Waals surface area contributed by atoms with Crippen LogP contribution in [-0.4, -0.2) is 192 Å². The van der Waals surface area contributed by atoms with Gasteiger partial charge in [-0.25, -0.2) is 0 Å². The van der Waals surface area contributed by atoms with Crippen LogP contribution in [0.3, 0.4) is 0 Å². The first-order chi connectivity index (χ1) is 33.4. The lowest BCUT2D eigenvalue weighted by Gasteiger charge is -2.32. The molecule has 0 atom stereocenters. The number of nitrogens with one attached hydrogen (secondary N) is 3. The lowest BCUT2D eigenvalue weighted by Crippen LogP contribution is -2.49. The predicted octanol–water partition coefficient (Wildman–Crippen LogP) is 1.30. The van der Waals surface area contributed by atoms with Crippen LogP contribution in [0.1, 0.15) is 43.0 Å². The third-order valence-corrected chi connectivity index (χ3v) is 13.4. The summed E-state index contributed by atoms with van der Waals surface area (Å²) < 4.78 is 70.3. The number of carbonyl (C=O) groups excluding carboxylic acids is 3. The van der Waals surface area contributed by atoms with Gasteiger partial charge in [-0.3, -0.25) is 57.5 Å². The van der Waals surface area contributed by atoms with Crippen LogP contribution in [0.25, 0.3) is 0 Å². The van der Waals surface area contributed by atoms with Crippen molar-refractivity contribution >= 4 is 78.4 Å². The van der Waals surface area contributed by atoms with E-state index in [4.69, 9.17) is 0 Å². The van der Waals surface area contributed by atoms with Gasteiger partial charge in [-0.15, -0.1) is 0 Å². The first-order valence-electron chi connectivity index (χ1n) is 21.7. The fraction of sp³-hybridized carbons (Fsp3) is 0.333. The number of phenols is 2. The van der Waals surface area contributed by atoms with E-state index in [1.807, 2.05) is 0 Å². The van der Waals surface area contributed by atoms with Crippen LogP contribution in [-0.2, 0) is 45.8 Å². The summed E-state index contributed by atoms with van der Waals surface area (Å²) in [5.41, 5.74) is -2.15. The van der Waals surface area contributed by atoms with E-state index in [2.05, 4.69) is 16.0 Å². The molecule has 2 aliphatic rings. The maximum absolute atomic E-state index is 14.3. The highest BCUT2D eigenvalue weighted by Gasteiger charge is 2.39. The van der Waals surface area contributed by atoms with Crippen LogP contribution >= 0.6 is 0 Å². The maximum Gasteiger partial charge on any atom is 0.317 e. The Hall–Kier alpha value is -7.04. The van der Waals surface area contributed by atoms with E-state index in [1.54, 1.807) is 26.5 Å². The zero-order chi connectivity index (χ0) is 51.9. The monoisotopic (exact) mass is 1030 g/mol. The van der Waals surface area contributed by atoms with E-state index in [0.717, 1.165) is 30.3 Å². The molecule has 1 aliphatic heterocycles. The highest BCUT2D eigenvalue weighted by molar-refractivity contribution is 7.86. The van der Waals surface area contributed by atoms with E-state index in [9.17, 15) is 80.2 Å². The minimum absolute atomic E-state index is 0.0303. The summed E-state index contributed by atoms with van der Waals surface area (Å²) >= 11 is 0. The van der Waals surface area contributed by atoms with Gasteiger partial charge >= 0.3 is 17.9 Å². The number of aryl methyl sites for hydroxylation is 1. The number of rotatable bonds is 17. The summed E-state index contributed by atoms with van der Waals surface area (Å²) in [6.45, 7) is 1.84. The number of carboxylic acids is 3. The zero-order valence-corrected chi connectivity index (χ0v) is 39.6. The molecular formula is C45H51N7O17S2. The Morgan fingerprint density at radius 2 is 0.887 bits per heavy atom. The van der Waals surface area contributed by atoms with E-state index < -0.39 is 99.2 Å². The van der Waals surface area contributed by atoms with Crippen molar-refractivity contribution in [3.8, 4) is 11.5 Å². The molecular weight excluding hydrogens is 975 g/mol. The van der Waals surface area contributed by atoms with Crippen molar-refractivity contribution in [3.63, 3.8) is 0 Å². The lowest BCUT2D eigenvalue weighted by molar-refractivity contribution is -0.140. The first-order valence-corrected chi connectivity index (χ1v) is 24.6. The Labute approximate surface area is 406 Å². The van der Waals surface area contributed by atoms with Gasteiger partial charge in [0.2, 0.25) is 17.5 Å². The Morgan fingerprint density at radius 1 is 0.521 bits per heavy atom. The summed E-state index contributed by atoms with van der Waals surface area (Å²) in [5, 5.41) is 58.5. The number of carbonyl (C=O) groups is 6. The first kappa shape index (κ1) is 53.3. The van der Waals surface area contributed by atoms with Gasteiger partial charge < -0.3 is 41.5 Å². The smallest absolute Gasteiger partial charge is 0.317 e. The molecule has 0 spiro atoms. The molecule has 71 heavy (non-hydrogen) atoms. The van der Waals surface area contributed by atoms with Crippen LogP contribution in [0.2, 0.25) is 0 Å². The number of benzene rings is 4. The number of carboxylic acid groups (broad SMARTS) is 3. The topological polar surface area (TPSA) is 361 Å². The van der Waals surface area contributed by atoms with Gasteiger partial charge in [0.05, 0.1) is 71.2 Å². The molecule has 6 rings (SSSR count). The van der Waals surface area contributed by atoms with Gasteiger partial charge in [-0.2, -0.15) is 16.8 Å². The number of aliphatic carboxylic acids is 3. The van der Waals surface area contributed by atoms with Crippen LogP contribution in [0.5, 0.6) is 11.5 Å². The van der Waals surface area contributed by atoms with Crippen molar-refractivity contribution in [2.45, 2.75) is 23.1 Å². The molecule has 4 aromatic rings. The molecule has 1 aliphatic carbocycles. The van der Waals surface area contributed by atoms with Gasteiger partial charge in [0.1, 0.15) is 21.3 Å². The Kier molecular flexibility index (Phi) is 16.8. The van der Waals surface area contributed by atoms with Crippen molar-refractivity contribution in [3.05, 3.63) is 94.0 Å². The molecule has 4 aromatic carbocycles. The molecule has 0 aromatic heterocycles. The number of nitrogens with zero attached hydrogens (tertiary/aromatic N) is 4. The summed E-state index contributed by atoms with van der Waals surface area (Å²) in [6, 6.07) is 12.2. The van der Waals surface area contributed by atoms with Crippen LogP contribution in [0.15, 0.2) is 70.5 Å². The number of fused-ring (bicyclic) bond motifs is 2. The Morgan fingerprint density at radius 3 is 1.28 bits per heavy atom. The van der Waals surface area contributed by atoms with Gasteiger partial charge in [0, 0.05) is 58.9 Å². The molecule has 1 heterocycles. The highest BCUT2D eigenvalue weighted by atomic mass is 32.2. The molecule has 1 fully saturated rings. The number of anilines is 4. The quantitative estimate of drug-likeness (QED) is 0.0463. The number of phenolic OH excluding ortho intramolecular Hbond substituents is 2. The largest absolute Gasteiger partial charge is 0.507 e. The minimum Gasteiger partial charge on any atom is -0.507 e. The Bertz CT molecular complexity index is 2970. The maximum atomic E-state index is 14.3. The summed E-state index contributed by atoms with van der Waals surface area (Å²) in [6.07, 6.45) is 0.0303. The molecule has 1 saturated heterocycles. The standard InChI is InChI=1S/C45H51N7O17S2/c1-26-2-4-28(34(20-26)70(64,65)66)47-30-6-8-32(53)42-40(30)44(62)43-33(54)9-7-31(41(43)45(42)63)48-29-5-3-27(21-35(29)71(67,68)69)10-11-46-36(55)22-49-12-14-50(23-37(56)57)16-18-52(25-39(60)61)19-17-51(15-13-49)24-38(58)59/h2-9,20-21,47-48,53-54H,10-19,22-25H2,1H3,(H,46,55)(H,56,57)(H,58,59)(H,60,61)(H,64,65,66)(H,67,68,69). The molecule has 0 unspecified atom stereocenters. The molecule has 380 valence electrons. The zero-order valence-electron chi connectivity index (χ0n) is 38.0. The molecule has 10 N–H and O–H groups in total. The number of hydrogen-bond donors (Lipinski definition) is 10. The van der Waals surface area contributed by atoms with Crippen LogP contribution in [0.4, 0.5) is 22.7 Å². The molecule has 1 amide bonds. The van der Waals surface area contributed by atoms with E-state index in [0.29, 0.717) is 11.1 Å². The summed E-state index contributed by atoms with van der Waals surface area (Å²) in [5.74, 6) is -7.15. The van der Waals surface area contributed by atoms with Gasteiger partial charge in [0.25, 0.3) is 20.2 Å². The molecule has 0 saturated carbocycles. The van der Waals surface area contributed by atoms with Crippen molar-refractivity contribution in [1.29, 1.82) is 0 Å². The van der Waals surface area contributed by atoms with E-state index in [-0.39, 0.29) is 114 Å². The third-order valence-electron chi connectivity index (χ3n) is 11.7. The average Bonchev–Trinajstić information content (AvgIpc) is 3.27. The van der Waals surface area contributed by atoms with Crippen LogP contribution < -0.4 is 16.0 Å². The SMILES string of the molecule is Cc1ccc(Nc2ccc(O)c3c2C(=O)c2c(O)ccc(Nc4ccc(CCNC(=O)CN5CCN(CC(=O)O)CCN(CC(=O)O)CCN(CC(=O)O)CC5)cc4S(=O)(=O)O)c2C3=O)c(S(=O)(=O)O)c1. The van der Waals surface area contributed by atoms with Gasteiger partial charge in [0.15, 0.2) is 0 Å². The second kappa shape index (κ2) is 22.4. The number of amides is 1. The van der Waals surface area contributed by atoms with Crippen molar-refractivity contribution in [2.24, 2.45) is 0 Å². The normalized spacial score (nSPS) is 15.7. The summed E-state index contributed by atoms with van der Waals surface area (Å²) in [7, 11) is -9.82. The fourth-order valence-corrected chi connectivity index (χ4v) is 9.67. The molecule has 0 radical (unpaired) electrons. The minimum atomic E-state index is -5.02. The van der Waals surface area contributed by atoms with Crippen molar-refractivity contribution < 1.29 is 80.2 Å². The second-order valence-electron chi connectivity index (χ2n) is 16.8. The predicted molar refractivity (Wildman–Crippen MR) is 252 cm³/mol. The Balaban J connectivity index is 1.18. The van der Waals surface area contributed by atoms with E-state index >= 15 is 0 Å².